The van der Waals surface area contributed by atoms with E-state index in [1.54, 1.807) is 84.2 Å². The topological polar surface area (TPSA) is 195 Å². The number of hydrogen-bond donors (Lipinski definition) is 7. The Bertz CT molecular complexity index is 2080. The standard InChI is InChI=1S/C35H38Cl2N10O4.ClH/c1-45-20-25(17-29(45)34(50)40-12-9-31(38)39)43-35(51)30-18-24(19-46(30)2)42-33(49)28-16-22-15-23(5-8-27(22)44-28)41-32(48)21-3-6-26(7-4-21)47(13-10-36)14-11-37;/h3-8,15-20,44H,9-14H2,1-2H3,(H3,38,39)(H,40,50)(H,41,48)(H,42,49)(H,43,51);1H. The van der Waals surface area contributed by atoms with Crippen molar-refractivity contribution >= 4 is 98.7 Å². The molecular formula is C35H39Cl3N10O4. The zero-order valence-electron chi connectivity index (χ0n) is 28.4. The number of carbonyl (C=O) groups excluding carboxylic acids is 4. The van der Waals surface area contributed by atoms with E-state index in [9.17, 15) is 19.2 Å². The molecule has 0 fully saturated rings. The minimum atomic E-state index is -0.442. The third-order valence-electron chi connectivity index (χ3n) is 8.00. The quantitative estimate of drug-likeness (QED) is 0.0425. The fraction of sp³-hybridized carbons (Fsp3) is 0.229. The van der Waals surface area contributed by atoms with Crippen molar-refractivity contribution < 1.29 is 19.2 Å². The monoisotopic (exact) mass is 768 g/mol. The van der Waals surface area contributed by atoms with Gasteiger partial charge < -0.3 is 46.0 Å². The van der Waals surface area contributed by atoms with Crippen LogP contribution in [0.1, 0.15) is 48.2 Å². The van der Waals surface area contributed by atoms with Gasteiger partial charge in [-0.25, -0.2) is 0 Å². The number of alkyl halides is 2. The molecule has 0 aliphatic rings. The zero-order valence-corrected chi connectivity index (χ0v) is 30.7. The summed E-state index contributed by atoms with van der Waals surface area (Å²) < 4.78 is 3.15. The van der Waals surface area contributed by atoms with Gasteiger partial charge in [0.15, 0.2) is 0 Å². The summed E-state index contributed by atoms with van der Waals surface area (Å²) in [4.78, 5) is 56.9. The van der Waals surface area contributed by atoms with Gasteiger partial charge >= 0.3 is 0 Å². The second-order valence-corrected chi connectivity index (χ2v) is 12.5. The first-order valence-electron chi connectivity index (χ1n) is 15.9. The van der Waals surface area contributed by atoms with E-state index in [1.807, 2.05) is 12.1 Å². The van der Waals surface area contributed by atoms with E-state index < -0.39 is 11.8 Å². The van der Waals surface area contributed by atoms with Crippen LogP contribution in [0.15, 0.2) is 73.1 Å². The number of halogens is 3. The van der Waals surface area contributed by atoms with Gasteiger partial charge in [-0.2, -0.15) is 0 Å². The summed E-state index contributed by atoms with van der Waals surface area (Å²) in [6.45, 7) is 1.51. The Hall–Kier alpha value is -5.44. The number of nitrogens with one attached hydrogen (secondary N) is 6. The Morgan fingerprint density at radius 1 is 0.769 bits per heavy atom. The summed E-state index contributed by atoms with van der Waals surface area (Å²) in [6, 6.07) is 17.3. The van der Waals surface area contributed by atoms with Gasteiger partial charge in [-0.15, -0.1) is 35.6 Å². The molecule has 0 atom stereocenters. The van der Waals surface area contributed by atoms with Crippen LogP contribution in [0.5, 0.6) is 0 Å². The van der Waals surface area contributed by atoms with Crippen molar-refractivity contribution in [3.63, 3.8) is 0 Å². The molecule has 0 radical (unpaired) electrons. The first-order valence-corrected chi connectivity index (χ1v) is 17.0. The third kappa shape index (κ3) is 9.66. The zero-order chi connectivity index (χ0) is 36.7. The van der Waals surface area contributed by atoms with E-state index in [1.165, 1.54) is 0 Å². The normalized spacial score (nSPS) is 10.7. The van der Waals surface area contributed by atoms with E-state index in [0.717, 1.165) is 5.69 Å². The predicted molar refractivity (Wildman–Crippen MR) is 209 cm³/mol. The molecule has 0 saturated carbocycles. The number of nitrogens with zero attached hydrogens (tertiary/aromatic N) is 3. The fourth-order valence-corrected chi connectivity index (χ4v) is 5.85. The summed E-state index contributed by atoms with van der Waals surface area (Å²) in [7, 11) is 3.35. The molecule has 0 bridgehead atoms. The van der Waals surface area contributed by atoms with E-state index >= 15 is 0 Å². The molecule has 52 heavy (non-hydrogen) atoms. The van der Waals surface area contributed by atoms with Crippen molar-refractivity contribution in [2.75, 3.05) is 52.2 Å². The minimum absolute atomic E-state index is 0. The number of aromatic nitrogens is 3. The van der Waals surface area contributed by atoms with Crippen molar-refractivity contribution in [2.45, 2.75) is 6.42 Å². The van der Waals surface area contributed by atoms with E-state index in [0.29, 0.717) is 64.1 Å². The van der Waals surface area contributed by atoms with Gasteiger partial charge in [-0.3, -0.25) is 24.6 Å². The number of aromatic amines is 1. The Morgan fingerprint density at radius 3 is 1.94 bits per heavy atom. The highest BCUT2D eigenvalue weighted by molar-refractivity contribution is 6.18. The molecule has 0 unspecified atom stereocenters. The third-order valence-corrected chi connectivity index (χ3v) is 8.34. The Balaban J connectivity index is 0.00000605. The average molecular weight is 770 g/mol. The smallest absolute Gasteiger partial charge is 0.272 e. The van der Waals surface area contributed by atoms with Crippen LogP contribution in [0.4, 0.5) is 22.7 Å². The molecule has 17 heteroatoms. The van der Waals surface area contributed by atoms with Crippen molar-refractivity contribution in [3.05, 3.63) is 95.7 Å². The van der Waals surface area contributed by atoms with Crippen molar-refractivity contribution in [1.29, 1.82) is 5.41 Å². The largest absolute Gasteiger partial charge is 0.388 e. The summed E-state index contributed by atoms with van der Waals surface area (Å²) in [5.74, 6) is -0.611. The molecule has 3 aromatic heterocycles. The van der Waals surface area contributed by atoms with Crippen LogP contribution in [0.2, 0.25) is 0 Å². The van der Waals surface area contributed by atoms with Gasteiger partial charge in [0.25, 0.3) is 23.6 Å². The number of amidine groups is 1. The molecule has 0 aliphatic carbocycles. The van der Waals surface area contributed by atoms with Crippen LogP contribution < -0.4 is 31.9 Å². The van der Waals surface area contributed by atoms with Crippen LogP contribution in [0.25, 0.3) is 10.9 Å². The van der Waals surface area contributed by atoms with Crippen LogP contribution in [0, 0.1) is 5.41 Å². The number of H-pyrrole nitrogens is 1. The highest BCUT2D eigenvalue weighted by Gasteiger charge is 2.18. The molecule has 0 saturated heterocycles. The number of amides is 4. The van der Waals surface area contributed by atoms with Gasteiger partial charge in [-0.05, 0) is 60.7 Å². The van der Waals surface area contributed by atoms with E-state index in [-0.39, 0.29) is 54.4 Å². The molecule has 274 valence electrons. The summed E-state index contributed by atoms with van der Waals surface area (Å²) in [5, 5.41) is 19.2. The van der Waals surface area contributed by atoms with Gasteiger partial charge in [0.05, 0.1) is 17.2 Å². The molecular weight excluding hydrogens is 731 g/mol. The van der Waals surface area contributed by atoms with Gasteiger partial charge in [0.2, 0.25) is 0 Å². The number of hydrogen-bond acceptors (Lipinski definition) is 6. The molecule has 5 aromatic rings. The van der Waals surface area contributed by atoms with Gasteiger partial charge in [0.1, 0.15) is 17.1 Å². The number of aryl methyl sites for hydroxylation is 2. The fourth-order valence-electron chi connectivity index (χ4n) is 5.45. The first kappa shape index (κ1) is 39.3. The lowest BCUT2D eigenvalue weighted by atomic mass is 10.1. The Labute approximate surface area is 315 Å². The molecule has 0 aliphatic heterocycles. The first-order chi connectivity index (χ1) is 24.4. The molecule has 2 aromatic carbocycles. The summed E-state index contributed by atoms with van der Waals surface area (Å²) >= 11 is 11.8. The Kier molecular flexibility index (Phi) is 13.4. The number of carbonyl (C=O) groups is 4. The second-order valence-electron chi connectivity index (χ2n) is 11.7. The van der Waals surface area contributed by atoms with Gasteiger partial charge in [-0.1, -0.05) is 0 Å². The van der Waals surface area contributed by atoms with Crippen molar-refractivity contribution in [2.24, 2.45) is 19.8 Å². The van der Waals surface area contributed by atoms with E-state index in [4.69, 9.17) is 34.3 Å². The highest BCUT2D eigenvalue weighted by atomic mass is 35.5. The summed E-state index contributed by atoms with van der Waals surface area (Å²) in [6.07, 6.45) is 3.45. The minimum Gasteiger partial charge on any atom is -0.388 e. The van der Waals surface area contributed by atoms with Crippen LogP contribution in [0.3, 0.4) is 0 Å². The maximum Gasteiger partial charge on any atom is 0.272 e. The average Bonchev–Trinajstić information content (AvgIpc) is 3.80. The number of benzene rings is 2. The number of fused-ring (bicyclic) bond motifs is 1. The highest BCUT2D eigenvalue weighted by Crippen LogP contribution is 2.23. The van der Waals surface area contributed by atoms with Gasteiger partial charge in [0, 0.05) is 92.1 Å². The number of anilines is 4. The van der Waals surface area contributed by atoms with Crippen molar-refractivity contribution in [1.82, 2.24) is 19.4 Å². The van der Waals surface area contributed by atoms with Crippen LogP contribution in [-0.2, 0) is 14.1 Å². The molecule has 3 heterocycles. The van der Waals surface area contributed by atoms with Crippen molar-refractivity contribution in [3.8, 4) is 0 Å². The lowest BCUT2D eigenvalue weighted by Gasteiger charge is -2.22. The molecule has 8 N–H and O–H groups in total. The molecule has 4 amide bonds. The maximum atomic E-state index is 13.2. The van der Waals surface area contributed by atoms with Crippen LogP contribution in [-0.4, -0.2) is 75.0 Å². The Morgan fingerprint density at radius 2 is 1.35 bits per heavy atom. The van der Waals surface area contributed by atoms with Crippen LogP contribution >= 0.6 is 35.6 Å². The van der Waals surface area contributed by atoms with E-state index in [2.05, 4.69) is 31.2 Å². The lowest BCUT2D eigenvalue weighted by molar-refractivity contribution is 0.0944. The maximum absolute atomic E-state index is 13.2. The number of rotatable bonds is 15. The molecule has 14 nitrogen and oxygen atoms in total. The lowest BCUT2D eigenvalue weighted by Crippen LogP contribution is -2.28. The molecule has 0 spiro atoms. The summed E-state index contributed by atoms with van der Waals surface area (Å²) in [5.41, 5.74) is 9.70. The molecule has 5 rings (SSSR count). The number of nitrogens with two attached hydrogens (primary N) is 1. The predicted octanol–water partition coefficient (Wildman–Crippen LogP) is 5.36. The second kappa shape index (κ2) is 17.7. The SMILES string of the molecule is Cl.Cn1cc(NC(=O)c2cc(NC(=O)c3cc4cc(NC(=O)c5ccc(N(CCCl)CCCl)cc5)ccc4[nH]3)cn2C)cc1C(=O)NCCC(=N)N.